The molecule has 0 aromatic heterocycles. The van der Waals surface area contributed by atoms with Crippen molar-refractivity contribution in [2.24, 2.45) is 29.1 Å². The minimum atomic E-state index is -0.310. The molecule has 1 N–H and O–H groups in total. The molecule has 0 aromatic rings. The van der Waals surface area contributed by atoms with Gasteiger partial charge in [-0.3, -0.25) is 4.79 Å². The molecule has 4 fully saturated rings. The molecule has 1 amide bonds. The molecule has 20 heavy (non-hydrogen) atoms. The van der Waals surface area contributed by atoms with Gasteiger partial charge in [-0.15, -0.1) is 0 Å². The molecular formula is C17H26N2O. The van der Waals surface area contributed by atoms with Crippen molar-refractivity contribution < 1.29 is 4.79 Å². The molecule has 0 spiro atoms. The van der Waals surface area contributed by atoms with E-state index < -0.39 is 0 Å². The largest absolute Gasteiger partial charge is 0.340 e. The van der Waals surface area contributed by atoms with E-state index in [1.807, 2.05) is 0 Å². The van der Waals surface area contributed by atoms with Crippen LogP contribution in [0.1, 0.15) is 58.8 Å². The van der Waals surface area contributed by atoms with Crippen LogP contribution in [-0.2, 0) is 4.79 Å². The molecule has 4 rings (SSSR count). The van der Waals surface area contributed by atoms with Crippen LogP contribution in [0.2, 0.25) is 0 Å². The van der Waals surface area contributed by atoms with Crippen molar-refractivity contribution in [1.29, 1.82) is 5.26 Å². The van der Waals surface area contributed by atoms with E-state index in [4.69, 9.17) is 0 Å². The Bertz CT molecular complexity index is 399. The van der Waals surface area contributed by atoms with Gasteiger partial charge in [0.2, 0.25) is 5.91 Å². The number of hydrogen-bond acceptors (Lipinski definition) is 2. The Morgan fingerprint density at radius 3 is 2.10 bits per heavy atom. The summed E-state index contributed by atoms with van der Waals surface area (Å²) in [6.45, 7) is 4.20. The average molecular weight is 274 g/mol. The van der Waals surface area contributed by atoms with Gasteiger partial charge in [0.05, 0.1) is 6.07 Å². The Kier molecular flexibility index (Phi) is 3.52. The monoisotopic (exact) mass is 274 g/mol. The highest BCUT2D eigenvalue weighted by molar-refractivity contribution is 5.83. The highest BCUT2D eigenvalue weighted by atomic mass is 16.2. The number of nitriles is 1. The molecule has 4 aliphatic rings. The van der Waals surface area contributed by atoms with E-state index in [-0.39, 0.29) is 17.4 Å². The number of carbonyl (C=O) groups is 1. The number of carbonyl (C=O) groups excluding carboxylic acids is 1. The van der Waals surface area contributed by atoms with Crippen LogP contribution in [-0.4, -0.2) is 11.9 Å². The summed E-state index contributed by atoms with van der Waals surface area (Å²) >= 11 is 0. The van der Waals surface area contributed by atoms with E-state index in [1.54, 1.807) is 0 Å². The minimum Gasteiger partial charge on any atom is -0.340 e. The second-order valence-corrected chi connectivity index (χ2v) is 7.98. The molecule has 0 heterocycles. The van der Waals surface area contributed by atoms with Gasteiger partial charge in [-0.1, -0.05) is 13.8 Å². The molecular weight excluding hydrogens is 248 g/mol. The first-order valence-corrected chi connectivity index (χ1v) is 8.21. The van der Waals surface area contributed by atoms with E-state index >= 15 is 0 Å². The number of hydrogen-bond donors (Lipinski definition) is 1. The van der Waals surface area contributed by atoms with Gasteiger partial charge in [-0.05, 0) is 68.6 Å². The molecule has 3 nitrogen and oxygen atoms in total. The predicted octanol–water partition coefficient (Wildman–Crippen LogP) is 3.26. The van der Waals surface area contributed by atoms with Crippen molar-refractivity contribution in [3.8, 4) is 6.07 Å². The fourth-order valence-electron chi connectivity index (χ4n) is 5.32. The van der Waals surface area contributed by atoms with Crippen molar-refractivity contribution in [2.45, 2.75) is 64.8 Å². The first kappa shape index (κ1) is 13.9. The molecule has 4 bridgehead atoms. The van der Waals surface area contributed by atoms with Crippen molar-refractivity contribution in [2.75, 3.05) is 0 Å². The molecule has 0 aliphatic heterocycles. The summed E-state index contributed by atoms with van der Waals surface area (Å²) in [4.78, 5) is 12.8. The summed E-state index contributed by atoms with van der Waals surface area (Å²) in [6, 6.07) is 1.95. The molecule has 1 atom stereocenters. The first-order chi connectivity index (χ1) is 9.50. The second kappa shape index (κ2) is 5.06. The van der Waals surface area contributed by atoms with Crippen LogP contribution in [0.3, 0.4) is 0 Å². The third-order valence-electron chi connectivity index (χ3n) is 5.69. The van der Waals surface area contributed by atoms with Crippen LogP contribution in [0.4, 0.5) is 0 Å². The first-order valence-electron chi connectivity index (χ1n) is 8.21. The highest BCUT2D eigenvalue weighted by Crippen LogP contribution is 2.60. The van der Waals surface area contributed by atoms with Gasteiger partial charge in [-0.25, -0.2) is 0 Å². The summed E-state index contributed by atoms with van der Waals surface area (Å²) in [7, 11) is 0. The Balaban J connectivity index is 1.69. The Labute approximate surface area is 122 Å². The molecule has 4 saturated carbocycles. The maximum absolute atomic E-state index is 12.8. The zero-order valence-electron chi connectivity index (χ0n) is 12.7. The van der Waals surface area contributed by atoms with Crippen LogP contribution in [0.5, 0.6) is 0 Å². The van der Waals surface area contributed by atoms with Crippen molar-refractivity contribution in [3.05, 3.63) is 0 Å². The van der Waals surface area contributed by atoms with E-state index in [1.165, 1.54) is 19.3 Å². The number of nitrogens with one attached hydrogen (secondary N) is 1. The standard InChI is InChI=1S/C17H26N2O/c1-11(2)3-15(10-18)19-16(20)17-7-12-4-13(8-17)6-14(5-12)9-17/h11-15H,3-9H2,1-2H3,(H,19,20). The molecule has 0 saturated heterocycles. The molecule has 1 unspecified atom stereocenters. The topological polar surface area (TPSA) is 52.9 Å². The lowest BCUT2D eigenvalue weighted by Crippen LogP contribution is -2.55. The Morgan fingerprint density at radius 1 is 1.20 bits per heavy atom. The van der Waals surface area contributed by atoms with E-state index in [9.17, 15) is 10.1 Å². The molecule has 110 valence electrons. The summed E-state index contributed by atoms with van der Waals surface area (Å²) < 4.78 is 0. The fraction of sp³-hybridized carbons (Fsp3) is 0.882. The quantitative estimate of drug-likeness (QED) is 0.855. The van der Waals surface area contributed by atoms with Crippen molar-refractivity contribution in [3.63, 3.8) is 0 Å². The van der Waals surface area contributed by atoms with Crippen LogP contribution < -0.4 is 5.32 Å². The summed E-state index contributed by atoms with van der Waals surface area (Å²) in [5.41, 5.74) is -0.124. The van der Waals surface area contributed by atoms with Crippen LogP contribution in [0.25, 0.3) is 0 Å². The fourth-order valence-corrected chi connectivity index (χ4v) is 5.32. The van der Waals surface area contributed by atoms with Crippen LogP contribution in [0.15, 0.2) is 0 Å². The second-order valence-electron chi connectivity index (χ2n) is 7.98. The average Bonchev–Trinajstić information content (AvgIpc) is 2.35. The van der Waals surface area contributed by atoms with Gasteiger partial charge in [0, 0.05) is 5.41 Å². The van der Waals surface area contributed by atoms with Gasteiger partial charge >= 0.3 is 0 Å². The third kappa shape index (κ3) is 2.45. The van der Waals surface area contributed by atoms with Gasteiger partial charge in [0.25, 0.3) is 0 Å². The predicted molar refractivity (Wildman–Crippen MR) is 77.6 cm³/mol. The van der Waals surface area contributed by atoms with Gasteiger partial charge < -0.3 is 5.32 Å². The van der Waals surface area contributed by atoms with E-state index in [2.05, 4.69) is 25.2 Å². The lowest BCUT2D eigenvalue weighted by molar-refractivity contribution is -0.146. The lowest BCUT2D eigenvalue weighted by atomic mass is 9.49. The zero-order valence-corrected chi connectivity index (χ0v) is 12.7. The molecule has 0 radical (unpaired) electrons. The maximum atomic E-state index is 12.8. The number of amides is 1. The minimum absolute atomic E-state index is 0.124. The lowest BCUT2D eigenvalue weighted by Gasteiger charge is -2.55. The normalized spacial score (nSPS) is 39.6. The van der Waals surface area contributed by atoms with Crippen LogP contribution >= 0.6 is 0 Å². The third-order valence-corrected chi connectivity index (χ3v) is 5.69. The van der Waals surface area contributed by atoms with Crippen LogP contribution in [0, 0.1) is 40.4 Å². The smallest absolute Gasteiger partial charge is 0.227 e. The van der Waals surface area contributed by atoms with Gasteiger partial charge in [0.1, 0.15) is 6.04 Å². The highest BCUT2D eigenvalue weighted by Gasteiger charge is 2.54. The summed E-state index contributed by atoms with van der Waals surface area (Å²) in [6.07, 6.45) is 8.02. The van der Waals surface area contributed by atoms with E-state index in [0.717, 1.165) is 43.4 Å². The maximum Gasteiger partial charge on any atom is 0.227 e. The zero-order chi connectivity index (χ0) is 14.3. The molecule has 0 aromatic carbocycles. The summed E-state index contributed by atoms with van der Waals surface area (Å²) in [5.74, 6) is 2.95. The number of rotatable bonds is 4. The van der Waals surface area contributed by atoms with E-state index in [0.29, 0.717) is 5.92 Å². The number of nitrogens with zero attached hydrogens (tertiary/aromatic N) is 1. The van der Waals surface area contributed by atoms with Gasteiger partial charge in [-0.2, -0.15) is 5.26 Å². The van der Waals surface area contributed by atoms with Gasteiger partial charge in [0.15, 0.2) is 0 Å². The Morgan fingerprint density at radius 2 is 1.70 bits per heavy atom. The SMILES string of the molecule is CC(C)CC(C#N)NC(=O)C12CC3CC(CC(C3)C1)C2. The summed E-state index contributed by atoms with van der Waals surface area (Å²) in [5, 5.41) is 12.3. The van der Waals surface area contributed by atoms with Crippen molar-refractivity contribution >= 4 is 5.91 Å². The molecule has 4 aliphatic carbocycles. The Hall–Kier alpha value is -1.04. The van der Waals surface area contributed by atoms with Crippen molar-refractivity contribution in [1.82, 2.24) is 5.32 Å². The molecule has 3 heteroatoms.